The highest BCUT2D eigenvalue weighted by molar-refractivity contribution is 5.95. The minimum Gasteiger partial charge on any atom is -0.382 e. The molecule has 0 spiro atoms. The van der Waals surface area contributed by atoms with Gasteiger partial charge in [0.05, 0.1) is 0 Å². The van der Waals surface area contributed by atoms with Crippen LogP contribution in [0.5, 0.6) is 0 Å². The summed E-state index contributed by atoms with van der Waals surface area (Å²) in [4.78, 5) is 11.3. The van der Waals surface area contributed by atoms with E-state index in [2.05, 4.69) is 26.1 Å². The number of hydrogen-bond donors (Lipinski definition) is 2. The van der Waals surface area contributed by atoms with Gasteiger partial charge in [0, 0.05) is 17.3 Å². The summed E-state index contributed by atoms with van der Waals surface area (Å²) in [6.07, 6.45) is 1.05. The topological polar surface area (TPSA) is 55.1 Å². The fourth-order valence-electron chi connectivity index (χ4n) is 2.00. The first kappa shape index (κ1) is 13.6. The van der Waals surface area contributed by atoms with E-state index in [1.54, 1.807) is 6.07 Å². The third kappa shape index (κ3) is 3.22. The Kier molecular flexibility index (Phi) is 4.55. The number of carbonyl (C=O) groups excluding carboxylic acids is 1. The highest BCUT2D eigenvalue weighted by Gasteiger charge is 2.14. The van der Waals surface area contributed by atoms with E-state index < -0.39 is 0 Å². The van der Waals surface area contributed by atoms with Gasteiger partial charge >= 0.3 is 0 Å². The van der Waals surface area contributed by atoms with E-state index in [-0.39, 0.29) is 5.91 Å². The van der Waals surface area contributed by atoms with Crippen LogP contribution >= 0.6 is 0 Å². The summed E-state index contributed by atoms with van der Waals surface area (Å²) in [6, 6.07) is 6.03. The van der Waals surface area contributed by atoms with E-state index in [1.165, 1.54) is 0 Å². The monoisotopic (exact) mass is 234 g/mol. The highest BCUT2D eigenvalue weighted by Crippen LogP contribution is 2.22. The van der Waals surface area contributed by atoms with Crippen LogP contribution in [0.2, 0.25) is 0 Å². The molecule has 0 radical (unpaired) electrons. The van der Waals surface area contributed by atoms with Crippen molar-refractivity contribution in [2.24, 2.45) is 11.7 Å². The Labute approximate surface area is 103 Å². The van der Waals surface area contributed by atoms with Crippen molar-refractivity contribution in [3.05, 3.63) is 29.3 Å². The molecule has 0 saturated heterocycles. The minimum atomic E-state index is -0.372. The van der Waals surface area contributed by atoms with Crippen molar-refractivity contribution in [1.29, 1.82) is 0 Å². The molecule has 1 unspecified atom stereocenters. The average molecular weight is 234 g/mol. The van der Waals surface area contributed by atoms with Gasteiger partial charge in [0.25, 0.3) is 0 Å². The third-order valence-electron chi connectivity index (χ3n) is 3.18. The first-order valence-electron chi connectivity index (χ1n) is 6.13. The molecular formula is C14H22N2O. The molecule has 1 aromatic carbocycles. The predicted octanol–water partition coefficient (Wildman–Crippen LogP) is 2.94. The Hall–Kier alpha value is -1.51. The van der Waals surface area contributed by atoms with Gasteiger partial charge in [-0.05, 0) is 37.0 Å². The number of carbonyl (C=O) groups is 1. The van der Waals surface area contributed by atoms with E-state index in [0.29, 0.717) is 17.5 Å². The Morgan fingerprint density at radius 2 is 2.06 bits per heavy atom. The summed E-state index contributed by atoms with van der Waals surface area (Å²) >= 11 is 0. The fraction of sp³-hybridized carbons (Fsp3) is 0.500. The summed E-state index contributed by atoms with van der Waals surface area (Å²) in [5.41, 5.74) is 7.86. The van der Waals surface area contributed by atoms with E-state index in [4.69, 9.17) is 5.73 Å². The quantitative estimate of drug-likeness (QED) is 0.823. The molecule has 0 aliphatic rings. The molecule has 0 fully saturated rings. The van der Waals surface area contributed by atoms with Crippen molar-refractivity contribution >= 4 is 11.6 Å². The van der Waals surface area contributed by atoms with E-state index in [1.807, 2.05) is 19.1 Å². The molecule has 0 bridgehead atoms. The number of rotatable bonds is 5. The number of nitrogens with one attached hydrogen (secondary N) is 1. The maximum absolute atomic E-state index is 11.3. The van der Waals surface area contributed by atoms with Crippen molar-refractivity contribution in [1.82, 2.24) is 0 Å². The van der Waals surface area contributed by atoms with Crippen LogP contribution in [0.1, 0.15) is 43.1 Å². The molecule has 3 heteroatoms. The molecule has 0 heterocycles. The summed E-state index contributed by atoms with van der Waals surface area (Å²) < 4.78 is 0. The number of benzene rings is 1. The molecule has 1 atom stereocenters. The van der Waals surface area contributed by atoms with Crippen molar-refractivity contribution in [3.8, 4) is 0 Å². The molecule has 0 saturated carbocycles. The fourth-order valence-corrected chi connectivity index (χ4v) is 2.00. The molecule has 1 rings (SSSR count). The maximum atomic E-state index is 11.3. The lowest BCUT2D eigenvalue weighted by Crippen LogP contribution is -2.25. The molecule has 0 aromatic heterocycles. The largest absolute Gasteiger partial charge is 0.382 e. The summed E-state index contributed by atoms with van der Waals surface area (Å²) in [6.45, 7) is 8.46. The van der Waals surface area contributed by atoms with Crippen molar-refractivity contribution < 1.29 is 4.79 Å². The highest BCUT2D eigenvalue weighted by atomic mass is 16.1. The van der Waals surface area contributed by atoms with Crippen LogP contribution in [0.4, 0.5) is 5.69 Å². The summed E-state index contributed by atoms with van der Waals surface area (Å²) in [5, 5.41) is 3.48. The minimum absolute atomic E-state index is 0.372. The zero-order chi connectivity index (χ0) is 13.0. The molecule has 3 N–H and O–H groups in total. The SMILES string of the molecule is CCC(Nc1cccc(C(N)=O)c1C)C(C)C. The van der Waals surface area contributed by atoms with Crippen molar-refractivity contribution in [3.63, 3.8) is 0 Å². The molecular weight excluding hydrogens is 212 g/mol. The Bertz CT molecular complexity index is 399. The predicted molar refractivity (Wildman–Crippen MR) is 72.2 cm³/mol. The molecule has 17 heavy (non-hydrogen) atoms. The van der Waals surface area contributed by atoms with Crippen molar-refractivity contribution in [2.45, 2.75) is 40.2 Å². The van der Waals surface area contributed by atoms with Gasteiger partial charge < -0.3 is 11.1 Å². The Morgan fingerprint density at radius 1 is 1.41 bits per heavy atom. The second kappa shape index (κ2) is 5.71. The van der Waals surface area contributed by atoms with E-state index in [9.17, 15) is 4.79 Å². The van der Waals surface area contributed by atoms with Crippen LogP contribution < -0.4 is 11.1 Å². The Morgan fingerprint density at radius 3 is 2.53 bits per heavy atom. The lowest BCUT2D eigenvalue weighted by molar-refractivity contribution is 0.1000. The maximum Gasteiger partial charge on any atom is 0.249 e. The van der Waals surface area contributed by atoms with Gasteiger partial charge in [0.1, 0.15) is 0 Å². The summed E-state index contributed by atoms with van der Waals surface area (Å²) in [7, 11) is 0. The molecule has 0 aliphatic heterocycles. The van der Waals surface area contributed by atoms with E-state index in [0.717, 1.165) is 17.7 Å². The van der Waals surface area contributed by atoms with Crippen LogP contribution in [0.15, 0.2) is 18.2 Å². The molecule has 1 aromatic rings. The molecule has 1 amide bonds. The third-order valence-corrected chi connectivity index (χ3v) is 3.18. The van der Waals surface area contributed by atoms with Crippen molar-refractivity contribution in [2.75, 3.05) is 5.32 Å². The first-order valence-corrected chi connectivity index (χ1v) is 6.13. The van der Waals surface area contributed by atoms with Gasteiger partial charge in [-0.1, -0.05) is 26.8 Å². The number of primary amides is 1. The zero-order valence-corrected chi connectivity index (χ0v) is 11.1. The summed E-state index contributed by atoms with van der Waals surface area (Å²) in [5.74, 6) is 0.181. The van der Waals surface area contributed by atoms with Crippen LogP contribution in [-0.2, 0) is 0 Å². The molecule has 0 aliphatic carbocycles. The number of amides is 1. The number of anilines is 1. The van der Waals surface area contributed by atoms with Gasteiger partial charge in [0.2, 0.25) is 5.91 Å². The van der Waals surface area contributed by atoms with Gasteiger partial charge in [-0.3, -0.25) is 4.79 Å². The Balaban J connectivity index is 2.99. The first-order chi connectivity index (χ1) is 7.97. The number of hydrogen-bond acceptors (Lipinski definition) is 2. The lowest BCUT2D eigenvalue weighted by Gasteiger charge is -2.23. The van der Waals surface area contributed by atoms with Crippen LogP contribution in [0.3, 0.4) is 0 Å². The number of nitrogens with two attached hydrogens (primary N) is 1. The van der Waals surface area contributed by atoms with Crippen LogP contribution in [0.25, 0.3) is 0 Å². The molecule has 94 valence electrons. The van der Waals surface area contributed by atoms with Crippen LogP contribution in [0, 0.1) is 12.8 Å². The standard InChI is InChI=1S/C14H22N2O/c1-5-12(9(2)3)16-13-8-6-7-11(10(13)4)14(15)17/h6-9,12,16H,5H2,1-4H3,(H2,15,17). The van der Waals surface area contributed by atoms with Gasteiger partial charge in [-0.25, -0.2) is 0 Å². The lowest BCUT2D eigenvalue weighted by atomic mass is 9.99. The van der Waals surface area contributed by atoms with E-state index >= 15 is 0 Å². The normalized spacial score (nSPS) is 12.5. The van der Waals surface area contributed by atoms with Gasteiger partial charge in [-0.15, -0.1) is 0 Å². The average Bonchev–Trinajstić information content (AvgIpc) is 2.26. The van der Waals surface area contributed by atoms with Crippen LogP contribution in [-0.4, -0.2) is 11.9 Å². The zero-order valence-electron chi connectivity index (χ0n) is 11.1. The van der Waals surface area contributed by atoms with Gasteiger partial charge in [0.15, 0.2) is 0 Å². The second-order valence-electron chi connectivity index (χ2n) is 4.75. The second-order valence-corrected chi connectivity index (χ2v) is 4.75. The molecule has 3 nitrogen and oxygen atoms in total. The smallest absolute Gasteiger partial charge is 0.249 e. The van der Waals surface area contributed by atoms with Gasteiger partial charge in [-0.2, -0.15) is 0 Å².